The predicted molar refractivity (Wildman–Crippen MR) is 48.3 cm³/mol. The molecule has 0 bridgehead atoms. The summed E-state index contributed by atoms with van der Waals surface area (Å²) in [6, 6.07) is -0.540. The van der Waals surface area contributed by atoms with Crippen molar-refractivity contribution in [1.82, 2.24) is 10.2 Å². The first-order chi connectivity index (χ1) is 6.49. The van der Waals surface area contributed by atoms with Crippen molar-refractivity contribution in [2.75, 3.05) is 13.7 Å². The number of aliphatic hydroxyl groups excluding tert-OH is 3. The van der Waals surface area contributed by atoms with Crippen molar-refractivity contribution < 1.29 is 20.1 Å². The van der Waals surface area contributed by atoms with Gasteiger partial charge in [0.1, 0.15) is 18.4 Å². The monoisotopic (exact) mass is 204 g/mol. The first-order valence-electron chi connectivity index (χ1n) is 4.45. The number of likely N-dealkylation sites (tertiary alicyclic amines) is 1. The molecule has 1 aliphatic heterocycles. The molecule has 82 valence electrons. The average molecular weight is 204 g/mol. The van der Waals surface area contributed by atoms with Crippen LogP contribution in [-0.2, 0) is 4.79 Å². The lowest BCUT2D eigenvalue weighted by atomic mass is 10.1. The summed E-state index contributed by atoms with van der Waals surface area (Å²) < 4.78 is 0. The van der Waals surface area contributed by atoms with Gasteiger partial charge in [-0.3, -0.25) is 9.69 Å². The largest absolute Gasteiger partial charge is 0.395 e. The topological polar surface area (TPSA) is 93.0 Å². The summed E-state index contributed by atoms with van der Waals surface area (Å²) in [5, 5.41) is 30.5. The van der Waals surface area contributed by atoms with Crippen molar-refractivity contribution in [1.29, 1.82) is 0 Å². The zero-order chi connectivity index (χ0) is 10.9. The molecular formula is C8H16N2O4. The van der Waals surface area contributed by atoms with Crippen LogP contribution in [0.3, 0.4) is 0 Å². The van der Waals surface area contributed by atoms with Gasteiger partial charge >= 0.3 is 0 Å². The van der Waals surface area contributed by atoms with E-state index >= 15 is 0 Å². The third kappa shape index (κ3) is 1.88. The smallest absolute Gasteiger partial charge is 0.218 e. The Morgan fingerprint density at radius 2 is 2.00 bits per heavy atom. The number of hydrogen-bond acceptors (Lipinski definition) is 5. The molecule has 0 aliphatic carbocycles. The van der Waals surface area contributed by atoms with E-state index in [1.807, 2.05) is 0 Å². The Labute approximate surface area is 82.1 Å². The number of carbonyl (C=O) groups is 1. The molecule has 1 fully saturated rings. The first-order valence-corrected chi connectivity index (χ1v) is 4.45. The minimum atomic E-state index is -1.07. The zero-order valence-corrected chi connectivity index (χ0v) is 8.21. The second-order valence-electron chi connectivity index (χ2n) is 3.54. The van der Waals surface area contributed by atoms with Gasteiger partial charge in [0.05, 0.1) is 12.6 Å². The van der Waals surface area contributed by atoms with Gasteiger partial charge in [-0.2, -0.15) is 0 Å². The van der Waals surface area contributed by atoms with Crippen LogP contribution in [0.2, 0.25) is 0 Å². The van der Waals surface area contributed by atoms with Crippen molar-refractivity contribution in [3.05, 3.63) is 0 Å². The maximum absolute atomic E-state index is 10.8. The maximum Gasteiger partial charge on any atom is 0.218 e. The van der Waals surface area contributed by atoms with Crippen molar-refractivity contribution in [2.24, 2.45) is 0 Å². The van der Waals surface area contributed by atoms with E-state index < -0.39 is 24.4 Å². The molecule has 1 amide bonds. The number of rotatable bonds is 2. The van der Waals surface area contributed by atoms with Crippen molar-refractivity contribution >= 4 is 5.91 Å². The summed E-state index contributed by atoms with van der Waals surface area (Å²) in [6.45, 7) is 1.07. The van der Waals surface area contributed by atoms with E-state index in [1.54, 1.807) is 11.9 Å². The number of likely N-dealkylation sites (N-methyl/N-ethyl adjacent to an activating group) is 1. The molecule has 6 nitrogen and oxygen atoms in total. The lowest BCUT2D eigenvalue weighted by Gasteiger charge is -2.24. The van der Waals surface area contributed by atoms with Crippen LogP contribution < -0.4 is 5.32 Å². The van der Waals surface area contributed by atoms with Gasteiger partial charge in [0.25, 0.3) is 0 Å². The van der Waals surface area contributed by atoms with Crippen LogP contribution in [0, 0.1) is 0 Å². The number of nitrogens with one attached hydrogen (secondary N) is 1. The van der Waals surface area contributed by atoms with Gasteiger partial charge < -0.3 is 20.6 Å². The number of aliphatic hydroxyl groups is 3. The van der Waals surface area contributed by atoms with Crippen molar-refractivity contribution in [3.63, 3.8) is 0 Å². The molecule has 0 spiro atoms. The Bertz CT molecular complexity index is 223. The summed E-state index contributed by atoms with van der Waals surface area (Å²) in [4.78, 5) is 12.4. The highest BCUT2D eigenvalue weighted by atomic mass is 16.3. The van der Waals surface area contributed by atoms with Gasteiger partial charge in [0, 0.05) is 6.92 Å². The van der Waals surface area contributed by atoms with Crippen LogP contribution in [0.25, 0.3) is 0 Å². The fraction of sp³-hybridized carbons (Fsp3) is 0.875. The van der Waals surface area contributed by atoms with Gasteiger partial charge in [-0.05, 0) is 7.05 Å². The molecule has 1 aliphatic rings. The minimum Gasteiger partial charge on any atom is -0.395 e. The normalized spacial score (nSPS) is 38.6. The van der Waals surface area contributed by atoms with Crippen LogP contribution in [0.5, 0.6) is 0 Å². The Morgan fingerprint density at radius 3 is 2.36 bits per heavy atom. The Morgan fingerprint density at radius 1 is 1.43 bits per heavy atom. The fourth-order valence-electron chi connectivity index (χ4n) is 1.73. The molecule has 0 unspecified atom stereocenters. The molecule has 4 atom stereocenters. The molecule has 1 saturated heterocycles. The molecule has 0 saturated carbocycles. The number of carbonyl (C=O) groups excluding carboxylic acids is 1. The molecule has 4 N–H and O–H groups in total. The van der Waals surface area contributed by atoms with Gasteiger partial charge in [-0.15, -0.1) is 0 Å². The second kappa shape index (κ2) is 4.22. The minimum absolute atomic E-state index is 0.259. The lowest BCUT2D eigenvalue weighted by Crippen LogP contribution is -2.49. The summed E-state index contributed by atoms with van der Waals surface area (Å²) in [5.41, 5.74) is 0. The summed E-state index contributed by atoms with van der Waals surface area (Å²) >= 11 is 0. The van der Waals surface area contributed by atoms with E-state index in [0.717, 1.165) is 0 Å². The zero-order valence-electron chi connectivity index (χ0n) is 8.21. The number of hydrogen-bond donors (Lipinski definition) is 4. The van der Waals surface area contributed by atoms with Crippen LogP contribution >= 0.6 is 0 Å². The second-order valence-corrected chi connectivity index (χ2v) is 3.54. The van der Waals surface area contributed by atoms with E-state index in [-0.39, 0.29) is 12.5 Å². The summed E-state index contributed by atoms with van der Waals surface area (Å²) in [7, 11) is 1.63. The van der Waals surface area contributed by atoms with E-state index in [4.69, 9.17) is 5.11 Å². The standard InChI is InChI=1S/C8H16N2O4/c1-4(12)9-8-7(14)6(13)5(3-11)10(8)2/h5-8,11,13-14H,3H2,1-2H3,(H,9,12)/t5-,6-,7+,8+/m1/s1. The van der Waals surface area contributed by atoms with Crippen LogP contribution in [-0.4, -0.2) is 64.2 Å². The number of nitrogens with zero attached hydrogens (tertiary/aromatic N) is 1. The van der Waals surface area contributed by atoms with Crippen molar-refractivity contribution in [2.45, 2.75) is 31.3 Å². The molecule has 6 heteroatoms. The molecule has 1 rings (SSSR count). The highest BCUT2D eigenvalue weighted by Gasteiger charge is 2.45. The lowest BCUT2D eigenvalue weighted by molar-refractivity contribution is -0.121. The van der Waals surface area contributed by atoms with Gasteiger partial charge in [-0.25, -0.2) is 0 Å². The third-order valence-electron chi connectivity index (χ3n) is 2.57. The van der Waals surface area contributed by atoms with Gasteiger partial charge in [0.15, 0.2) is 0 Å². The Kier molecular flexibility index (Phi) is 3.43. The Balaban J connectivity index is 2.72. The molecule has 0 aromatic heterocycles. The molecule has 0 aromatic rings. The Hall–Kier alpha value is -0.690. The first kappa shape index (κ1) is 11.4. The summed E-state index contributed by atoms with van der Waals surface area (Å²) in [6.07, 6.45) is -2.75. The molecule has 1 heterocycles. The van der Waals surface area contributed by atoms with Gasteiger partial charge in [-0.1, -0.05) is 0 Å². The molecular weight excluding hydrogens is 188 g/mol. The molecule has 0 radical (unpaired) electrons. The van der Waals surface area contributed by atoms with Gasteiger partial charge in [0.2, 0.25) is 5.91 Å². The molecule has 0 aromatic carbocycles. The third-order valence-corrected chi connectivity index (χ3v) is 2.57. The average Bonchev–Trinajstić information content (AvgIpc) is 2.30. The van der Waals surface area contributed by atoms with Crippen LogP contribution in [0.15, 0.2) is 0 Å². The highest BCUT2D eigenvalue weighted by Crippen LogP contribution is 2.21. The van der Waals surface area contributed by atoms with E-state index in [1.165, 1.54) is 6.92 Å². The predicted octanol–water partition coefficient (Wildman–Crippen LogP) is -2.52. The quantitative estimate of drug-likeness (QED) is 0.398. The van der Waals surface area contributed by atoms with E-state index in [9.17, 15) is 15.0 Å². The SMILES string of the molecule is CC(=O)N[C@@H]1[C@@H](O)[C@H](O)[C@@H](CO)N1C. The fourth-order valence-corrected chi connectivity index (χ4v) is 1.73. The van der Waals surface area contributed by atoms with E-state index in [0.29, 0.717) is 0 Å². The highest BCUT2D eigenvalue weighted by molar-refractivity contribution is 5.73. The maximum atomic E-state index is 10.8. The number of amides is 1. The van der Waals surface area contributed by atoms with E-state index in [2.05, 4.69) is 5.32 Å². The van der Waals surface area contributed by atoms with Crippen molar-refractivity contribution in [3.8, 4) is 0 Å². The van der Waals surface area contributed by atoms with Crippen LogP contribution in [0.1, 0.15) is 6.92 Å². The summed E-state index contributed by atoms with van der Waals surface area (Å²) in [5.74, 6) is -0.285. The van der Waals surface area contributed by atoms with Crippen LogP contribution in [0.4, 0.5) is 0 Å². The molecule has 14 heavy (non-hydrogen) atoms.